The molecule has 2 saturated carbocycles. The molecule has 5 heteroatoms. The fourth-order valence-corrected chi connectivity index (χ4v) is 3.25. The maximum Gasteiger partial charge on any atom is 0.240 e. The van der Waals surface area contributed by atoms with Crippen molar-refractivity contribution in [3.63, 3.8) is 0 Å². The quantitative estimate of drug-likeness (QED) is 0.841. The summed E-state index contributed by atoms with van der Waals surface area (Å²) in [5.41, 5.74) is 1.43. The lowest BCUT2D eigenvalue weighted by molar-refractivity contribution is 0.581. The van der Waals surface area contributed by atoms with Crippen molar-refractivity contribution >= 4 is 15.7 Å². The second kappa shape index (κ2) is 4.49. The third kappa shape index (κ3) is 3.28. The van der Waals surface area contributed by atoms with E-state index in [4.69, 9.17) is 0 Å². The Balaban J connectivity index is 1.64. The van der Waals surface area contributed by atoms with E-state index in [1.807, 2.05) is 12.1 Å². The van der Waals surface area contributed by atoms with Crippen molar-refractivity contribution in [1.29, 1.82) is 0 Å². The van der Waals surface area contributed by atoms with E-state index < -0.39 is 10.0 Å². The van der Waals surface area contributed by atoms with Crippen LogP contribution in [-0.2, 0) is 10.0 Å². The van der Waals surface area contributed by atoms with Crippen LogP contribution in [-0.4, -0.2) is 21.0 Å². The van der Waals surface area contributed by atoms with Crippen LogP contribution in [0.5, 0.6) is 0 Å². The van der Waals surface area contributed by atoms with E-state index >= 15 is 0 Å². The number of hydrogen-bond acceptors (Lipinski definition) is 3. The Kier molecular flexibility index (Phi) is 3.06. The van der Waals surface area contributed by atoms with Crippen LogP contribution >= 0.6 is 0 Å². The van der Waals surface area contributed by atoms with Crippen molar-refractivity contribution in [1.82, 2.24) is 4.72 Å². The van der Waals surface area contributed by atoms with Crippen LogP contribution in [0.1, 0.15) is 32.6 Å². The minimum atomic E-state index is -3.32. The second-order valence-corrected chi connectivity index (χ2v) is 7.80. The SMILES string of the molecule is CC1(CNc2ccc(S(=O)(=O)NC3CC3)cc2)CC1. The molecule has 0 spiro atoms. The number of hydrogen-bond donors (Lipinski definition) is 2. The Bertz CT molecular complexity index is 558. The van der Waals surface area contributed by atoms with Gasteiger partial charge in [0.2, 0.25) is 10.0 Å². The highest BCUT2D eigenvalue weighted by Crippen LogP contribution is 2.44. The monoisotopic (exact) mass is 280 g/mol. The minimum absolute atomic E-state index is 0.151. The van der Waals surface area contributed by atoms with Gasteiger partial charge in [-0.3, -0.25) is 0 Å². The first kappa shape index (κ1) is 12.9. The summed E-state index contributed by atoms with van der Waals surface area (Å²) in [7, 11) is -3.32. The number of sulfonamides is 1. The third-order valence-electron chi connectivity index (χ3n) is 3.89. The summed E-state index contributed by atoms with van der Waals surface area (Å²) < 4.78 is 26.7. The van der Waals surface area contributed by atoms with Gasteiger partial charge in [-0.15, -0.1) is 0 Å². The topological polar surface area (TPSA) is 58.2 Å². The first-order chi connectivity index (χ1) is 8.97. The van der Waals surface area contributed by atoms with Crippen LogP contribution in [0.3, 0.4) is 0 Å². The first-order valence-corrected chi connectivity index (χ1v) is 8.32. The number of anilines is 1. The van der Waals surface area contributed by atoms with Crippen molar-refractivity contribution in [2.75, 3.05) is 11.9 Å². The average Bonchev–Trinajstić information content (AvgIpc) is 3.28. The van der Waals surface area contributed by atoms with Gasteiger partial charge < -0.3 is 5.32 Å². The van der Waals surface area contributed by atoms with Crippen LogP contribution in [0.15, 0.2) is 29.2 Å². The highest BCUT2D eigenvalue weighted by Gasteiger charge is 2.36. The summed E-state index contributed by atoms with van der Waals surface area (Å²) in [6.45, 7) is 3.22. The van der Waals surface area contributed by atoms with Crippen molar-refractivity contribution < 1.29 is 8.42 Å². The summed E-state index contributed by atoms with van der Waals surface area (Å²) >= 11 is 0. The molecule has 0 aromatic heterocycles. The Morgan fingerprint density at radius 3 is 2.37 bits per heavy atom. The molecule has 2 aliphatic carbocycles. The van der Waals surface area contributed by atoms with Gasteiger partial charge in [0.1, 0.15) is 0 Å². The fraction of sp³-hybridized carbons (Fsp3) is 0.571. The molecular formula is C14H20N2O2S. The molecule has 0 heterocycles. The lowest BCUT2D eigenvalue weighted by atomic mass is 10.1. The molecule has 2 aliphatic rings. The Labute approximate surface area is 114 Å². The number of rotatable bonds is 6. The van der Waals surface area contributed by atoms with Crippen molar-refractivity contribution in [3.8, 4) is 0 Å². The molecule has 0 amide bonds. The van der Waals surface area contributed by atoms with Crippen LogP contribution in [0, 0.1) is 5.41 Å². The first-order valence-electron chi connectivity index (χ1n) is 6.83. The molecule has 19 heavy (non-hydrogen) atoms. The maximum atomic E-state index is 12.0. The molecule has 0 aliphatic heterocycles. The molecule has 0 unspecified atom stereocenters. The molecule has 2 N–H and O–H groups in total. The van der Waals surface area contributed by atoms with E-state index in [0.29, 0.717) is 10.3 Å². The largest absolute Gasteiger partial charge is 0.384 e. The molecule has 4 nitrogen and oxygen atoms in total. The normalized spacial score (nSPS) is 21.1. The van der Waals surface area contributed by atoms with E-state index in [1.165, 1.54) is 12.8 Å². The summed E-state index contributed by atoms with van der Waals surface area (Å²) in [5, 5.41) is 3.36. The number of nitrogens with one attached hydrogen (secondary N) is 2. The lowest BCUT2D eigenvalue weighted by Gasteiger charge is -2.12. The zero-order valence-corrected chi connectivity index (χ0v) is 12.0. The van der Waals surface area contributed by atoms with Gasteiger partial charge in [-0.05, 0) is 55.4 Å². The third-order valence-corrected chi connectivity index (χ3v) is 5.42. The Morgan fingerprint density at radius 2 is 1.84 bits per heavy atom. The Morgan fingerprint density at radius 1 is 1.21 bits per heavy atom. The molecule has 1 aromatic carbocycles. The summed E-state index contributed by atoms with van der Waals surface area (Å²) in [5.74, 6) is 0. The van der Waals surface area contributed by atoms with Crippen molar-refractivity contribution in [3.05, 3.63) is 24.3 Å². The molecule has 0 atom stereocenters. The van der Waals surface area contributed by atoms with Gasteiger partial charge in [0, 0.05) is 18.3 Å². The van der Waals surface area contributed by atoms with Gasteiger partial charge in [0.15, 0.2) is 0 Å². The van der Waals surface area contributed by atoms with Gasteiger partial charge in [0.05, 0.1) is 4.90 Å². The molecule has 3 rings (SSSR count). The lowest BCUT2D eigenvalue weighted by Crippen LogP contribution is -2.25. The van der Waals surface area contributed by atoms with Crippen LogP contribution < -0.4 is 10.0 Å². The zero-order valence-electron chi connectivity index (χ0n) is 11.1. The average molecular weight is 280 g/mol. The second-order valence-electron chi connectivity index (χ2n) is 6.08. The molecule has 0 radical (unpaired) electrons. The highest BCUT2D eigenvalue weighted by molar-refractivity contribution is 7.89. The molecule has 1 aromatic rings. The maximum absolute atomic E-state index is 12.0. The van der Waals surface area contributed by atoms with Crippen molar-refractivity contribution in [2.45, 2.75) is 43.5 Å². The minimum Gasteiger partial charge on any atom is -0.384 e. The summed E-state index contributed by atoms with van der Waals surface area (Å²) in [6, 6.07) is 7.17. The highest BCUT2D eigenvalue weighted by atomic mass is 32.2. The van der Waals surface area contributed by atoms with Gasteiger partial charge in [-0.25, -0.2) is 13.1 Å². The van der Waals surface area contributed by atoms with E-state index in [9.17, 15) is 8.42 Å². The van der Waals surface area contributed by atoms with Crippen LogP contribution in [0.25, 0.3) is 0 Å². The van der Waals surface area contributed by atoms with E-state index in [0.717, 1.165) is 25.1 Å². The predicted octanol–water partition coefficient (Wildman–Crippen LogP) is 2.34. The Hall–Kier alpha value is -1.07. The van der Waals surface area contributed by atoms with Crippen molar-refractivity contribution in [2.24, 2.45) is 5.41 Å². The van der Waals surface area contributed by atoms with Gasteiger partial charge >= 0.3 is 0 Å². The summed E-state index contributed by atoms with van der Waals surface area (Å²) in [6.07, 6.45) is 4.46. The molecule has 0 saturated heterocycles. The van der Waals surface area contributed by atoms with Gasteiger partial charge in [-0.2, -0.15) is 0 Å². The van der Waals surface area contributed by atoms with E-state index in [1.54, 1.807) is 12.1 Å². The standard InChI is InChI=1S/C14H20N2O2S/c1-14(8-9-14)10-15-11-4-6-13(7-5-11)19(17,18)16-12-2-3-12/h4-7,12,15-16H,2-3,8-10H2,1H3. The molecule has 0 bridgehead atoms. The smallest absolute Gasteiger partial charge is 0.240 e. The van der Waals surface area contributed by atoms with Gasteiger partial charge in [-0.1, -0.05) is 6.92 Å². The number of benzene rings is 1. The molecule has 2 fully saturated rings. The molecular weight excluding hydrogens is 260 g/mol. The van der Waals surface area contributed by atoms with Crippen LogP contribution in [0.4, 0.5) is 5.69 Å². The summed E-state index contributed by atoms with van der Waals surface area (Å²) in [4.78, 5) is 0.350. The van der Waals surface area contributed by atoms with Crippen LogP contribution in [0.2, 0.25) is 0 Å². The molecule has 104 valence electrons. The van der Waals surface area contributed by atoms with E-state index in [-0.39, 0.29) is 6.04 Å². The fourth-order valence-electron chi connectivity index (χ4n) is 1.95. The zero-order chi connectivity index (χ0) is 13.5. The van der Waals surface area contributed by atoms with Gasteiger partial charge in [0.25, 0.3) is 0 Å². The van der Waals surface area contributed by atoms with E-state index in [2.05, 4.69) is 17.0 Å². The predicted molar refractivity (Wildman–Crippen MR) is 75.6 cm³/mol.